The van der Waals surface area contributed by atoms with E-state index < -0.39 is 4.92 Å². The number of para-hydroxylation sites is 1. The first-order valence-electron chi connectivity index (χ1n) is 7.34. The fourth-order valence-electron chi connectivity index (χ4n) is 2.33. The minimum atomic E-state index is -0.493. The van der Waals surface area contributed by atoms with E-state index in [0.717, 1.165) is 12.8 Å². The molecule has 1 aliphatic rings. The lowest BCUT2D eigenvalue weighted by molar-refractivity contribution is -0.384. The SMILES string of the molecule is CCCNc1cccc(C(=O)NCC2CC2C)c1[N+](=O)[O-]. The number of carbonyl (C=O) groups is 1. The van der Waals surface area contributed by atoms with Gasteiger partial charge in [-0.2, -0.15) is 0 Å². The van der Waals surface area contributed by atoms with Crippen molar-refractivity contribution in [2.24, 2.45) is 11.8 Å². The minimum Gasteiger partial charge on any atom is -0.379 e. The van der Waals surface area contributed by atoms with Crippen molar-refractivity contribution in [3.63, 3.8) is 0 Å². The van der Waals surface area contributed by atoms with Gasteiger partial charge >= 0.3 is 5.69 Å². The zero-order chi connectivity index (χ0) is 15.4. The zero-order valence-electron chi connectivity index (χ0n) is 12.4. The maximum atomic E-state index is 12.2. The second-order valence-electron chi connectivity index (χ2n) is 5.57. The second-order valence-corrected chi connectivity index (χ2v) is 5.57. The molecule has 1 aromatic rings. The van der Waals surface area contributed by atoms with Crippen LogP contribution in [-0.2, 0) is 0 Å². The molecule has 0 spiro atoms. The predicted molar refractivity (Wildman–Crippen MR) is 81.5 cm³/mol. The van der Waals surface area contributed by atoms with Gasteiger partial charge in [0.25, 0.3) is 5.91 Å². The average Bonchev–Trinajstić information content (AvgIpc) is 3.17. The van der Waals surface area contributed by atoms with E-state index >= 15 is 0 Å². The highest BCUT2D eigenvalue weighted by molar-refractivity contribution is 6.00. The first-order valence-corrected chi connectivity index (χ1v) is 7.34. The van der Waals surface area contributed by atoms with Gasteiger partial charge in [0.15, 0.2) is 0 Å². The van der Waals surface area contributed by atoms with Crippen LogP contribution in [0.5, 0.6) is 0 Å². The largest absolute Gasteiger partial charge is 0.379 e. The number of carbonyl (C=O) groups excluding carboxylic acids is 1. The van der Waals surface area contributed by atoms with E-state index in [2.05, 4.69) is 17.6 Å². The molecule has 1 aliphatic carbocycles. The molecule has 0 heterocycles. The van der Waals surface area contributed by atoms with E-state index in [0.29, 0.717) is 30.6 Å². The number of rotatable bonds is 7. The van der Waals surface area contributed by atoms with Gasteiger partial charge in [0.05, 0.1) is 4.92 Å². The van der Waals surface area contributed by atoms with Crippen molar-refractivity contribution < 1.29 is 9.72 Å². The Bertz CT molecular complexity index is 545. The van der Waals surface area contributed by atoms with Crippen molar-refractivity contribution in [2.75, 3.05) is 18.4 Å². The molecule has 0 aromatic heterocycles. The highest BCUT2D eigenvalue weighted by atomic mass is 16.6. The number of hydrogen-bond donors (Lipinski definition) is 2. The summed E-state index contributed by atoms with van der Waals surface area (Å²) in [5.74, 6) is 0.771. The molecule has 1 saturated carbocycles. The van der Waals surface area contributed by atoms with Crippen LogP contribution in [0.25, 0.3) is 0 Å². The lowest BCUT2D eigenvalue weighted by Gasteiger charge is -2.10. The summed E-state index contributed by atoms with van der Waals surface area (Å²) in [5.41, 5.74) is 0.371. The average molecular weight is 291 g/mol. The Morgan fingerprint density at radius 3 is 2.76 bits per heavy atom. The highest BCUT2D eigenvalue weighted by Crippen LogP contribution is 2.37. The quantitative estimate of drug-likeness (QED) is 0.597. The van der Waals surface area contributed by atoms with Crippen molar-refractivity contribution in [1.29, 1.82) is 0 Å². The van der Waals surface area contributed by atoms with Crippen molar-refractivity contribution in [3.05, 3.63) is 33.9 Å². The lowest BCUT2D eigenvalue weighted by Crippen LogP contribution is -2.26. The normalized spacial score (nSPS) is 19.9. The van der Waals surface area contributed by atoms with Crippen LogP contribution in [0.2, 0.25) is 0 Å². The monoisotopic (exact) mass is 291 g/mol. The maximum absolute atomic E-state index is 12.2. The molecular weight excluding hydrogens is 270 g/mol. The first kappa shape index (κ1) is 15.3. The van der Waals surface area contributed by atoms with Crippen LogP contribution in [0.4, 0.5) is 11.4 Å². The molecule has 1 amide bonds. The fourth-order valence-corrected chi connectivity index (χ4v) is 2.33. The third-order valence-electron chi connectivity index (χ3n) is 3.83. The molecule has 0 radical (unpaired) electrons. The molecule has 6 nitrogen and oxygen atoms in total. The summed E-state index contributed by atoms with van der Waals surface area (Å²) in [6, 6.07) is 4.80. The molecule has 6 heteroatoms. The summed E-state index contributed by atoms with van der Waals surface area (Å²) in [6.45, 7) is 5.33. The standard InChI is InChI=1S/C15H21N3O3/c1-3-7-16-13-6-4-5-12(14(13)18(20)21)15(19)17-9-11-8-10(11)2/h4-6,10-11,16H,3,7-9H2,1-2H3,(H,17,19). The van der Waals surface area contributed by atoms with Crippen LogP contribution in [-0.4, -0.2) is 23.9 Å². The molecule has 2 atom stereocenters. The minimum absolute atomic E-state index is 0.120. The Morgan fingerprint density at radius 2 is 2.19 bits per heavy atom. The molecule has 1 aromatic carbocycles. The van der Waals surface area contributed by atoms with E-state index in [1.807, 2.05) is 6.92 Å². The smallest absolute Gasteiger partial charge is 0.305 e. The van der Waals surface area contributed by atoms with Crippen LogP contribution in [0.3, 0.4) is 0 Å². The Hall–Kier alpha value is -2.11. The number of nitrogens with one attached hydrogen (secondary N) is 2. The summed E-state index contributed by atoms with van der Waals surface area (Å²) in [7, 11) is 0. The van der Waals surface area contributed by atoms with Gasteiger partial charge in [-0.3, -0.25) is 14.9 Å². The number of anilines is 1. The number of benzene rings is 1. The number of nitro groups is 1. The van der Waals surface area contributed by atoms with Crippen molar-refractivity contribution >= 4 is 17.3 Å². The molecule has 2 N–H and O–H groups in total. The molecule has 114 valence electrons. The van der Waals surface area contributed by atoms with Crippen molar-refractivity contribution in [2.45, 2.75) is 26.7 Å². The predicted octanol–water partition coefficient (Wildman–Crippen LogP) is 2.80. The van der Waals surface area contributed by atoms with E-state index in [9.17, 15) is 14.9 Å². The van der Waals surface area contributed by atoms with Gasteiger partial charge in [-0.25, -0.2) is 0 Å². The summed E-state index contributed by atoms with van der Waals surface area (Å²) in [5, 5.41) is 17.1. The van der Waals surface area contributed by atoms with E-state index in [1.54, 1.807) is 12.1 Å². The molecule has 0 bridgehead atoms. The molecule has 2 rings (SSSR count). The summed E-state index contributed by atoms with van der Waals surface area (Å²) >= 11 is 0. The van der Waals surface area contributed by atoms with E-state index in [1.165, 1.54) is 6.07 Å². The van der Waals surface area contributed by atoms with Crippen LogP contribution >= 0.6 is 0 Å². The Morgan fingerprint density at radius 1 is 1.48 bits per heavy atom. The Balaban J connectivity index is 2.16. The third-order valence-corrected chi connectivity index (χ3v) is 3.83. The number of nitrogens with zero attached hydrogens (tertiary/aromatic N) is 1. The van der Waals surface area contributed by atoms with E-state index in [-0.39, 0.29) is 17.2 Å². The highest BCUT2D eigenvalue weighted by Gasteiger charge is 2.33. The molecular formula is C15H21N3O3. The number of nitro benzene ring substituents is 1. The topological polar surface area (TPSA) is 84.3 Å². The van der Waals surface area contributed by atoms with E-state index in [4.69, 9.17) is 0 Å². The van der Waals surface area contributed by atoms with Gasteiger partial charge in [0, 0.05) is 13.1 Å². The van der Waals surface area contributed by atoms with Crippen molar-refractivity contribution in [1.82, 2.24) is 5.32 Å². The third kappa shape index (κ3) is 3.71. The summed E-state index contributed by atoms with van der Waals surface area (Å²) in [6.07, 6.45) is 1.97. The Kier molecular flexibility index (Phi) is 4.77. The Labute approximate surface area is 124 Å². The zero-order valence-corrected chi connectivity index (χ0v) is 12.4. The van der Waals surface area contributed by atoms with Crippen LogP contribution < -0.4 is 10.6 Å². The van der Waals surface area contributed by atoms with Crippen molar-refractivity contribution in [3.8, 4) is 0 Å². The van der Waals surface area contributed by atoms with Gasteiger partial charge in [0.2, 0.25) is 0 Å². The molecule has 2 unspecified atom stereocenters. The summed E-state index contributed by atoms with van der Waals surface area (Å²) in [4.78, 5) is 23.0. The lowest BCUT2D eigenvalue weighted by atomic mass is 10.1. The van der Waals surface area contributed by atoms with Gasteiger partial charge in [-0.05, 0) is 36.8 Å². The van der Waals surface area contributed by atoms with Gasteiger partial charge in [-0.15, -0.1) is 0 Å². The van der Waals surface area contributed by atoms with Gasteiger partial charge < -0.3 is 10.6 Å². The molecule has 0 aliphatic heterocycles. The first-order chi connectivity index (χ1) is 10.0. The van der Waals surface area contributed by atoms with Gasteiger partial charge in [0.1, 0.15) is 11.3 Å². The fraction of sp³-hybridized carbons (Fsp3) is 0.533. The van der Waals surface area contributed by atoms with Crippen LogP contribution in [0, 0.1) is 22.0 Å². The molecule has 21 heavy (non-hydrogen) atoms. The maximum Gasteiger partial charge on any atom is 0.305 e. The number of hydrogen-bond acceptors (Lipinski definition) is 4. The summed E-state index contributed by atoms with van der Waals surface area (Å²) < 4.78 is 0. The molecule has 1 fully saturated rings. The second kappa shape index (κ2) is 6.56. The van der Waals surface area contributed by atoms with Crippen LogP contribution in [0.15, 0.2) is 18.2 Å². The van der Waals surface area contributed by atoms with Crippen LogP contribution in [0.1, 0.15) is 37.0 Å². The number of amides is 1. The van der Waals surface area contributed by atoms with Gasteiger partial charge in [-0.1, -0.05) is 19.9 Å². The molecule has 0 saturated heterocycles.